The predicted molar refractivity (Wildman–Crippen MR) is 92.8 cm³/mol. The molecule has 8 heteroatoms. The number of hydrogen-bond acceptors (Lipinski definition) is 3. The smallest absolute Gasteiger partial charge is 0.274 e. The van der Waals surface area contributed by atoms with Crippen LogP contribution in [0.4, 0.5) is 8.78 Å². The zero-order valence-corrected chi connectivity index (χ0v) is 14.7. The van der Waals surface area contributed by atoms with Crippen molar-refractivity contribution in [2.24, 2.45) is 0 Å². The average molecular weight is 371 g/mol. The van der Waals surface area contributed by atoms with Crippen LogP contribution in [0, 0.1) is 11.6 Å². The number of carbonyl (C=O) groups is 1. The van der Waals surface area contributed by atoms with Crippen LogP contribution in [-0.4, -0.2) is 40.7 Å². The minimum absolute atomic E-state index is 0. The Hall–Kier alpha value is -1.99. The highest BCUT2D eigenvalue weighted by atomic mass is 35.5. The Bertz CT molecular complexity index is 731. The molecule has 1 fully saturated rings. The molecule has 1 aromatic carbocycles. The number of halogens is 3. The second-order valence-corrected chi connectivity index (χ2v) is 6.09. The summed E-state index contributed by atoms with van der Waals surface area (Å²) in [6.45, 7) is 2.05. The van der Waals surface area contributed by atoms with Gasteiger partial charge in [0, 0.05) is 26.3 Å². The molecule has 1 N–H and O–H groups in total. The second-order valence-electron chi connectivity index (χ2n) is 6.09. The molecule has 25 heavy (non-hydrogen) atoms. The third-order valence-corrected chi connectivity index (χ3v) is 4.22. The van der Waals surface area contributed by atoms with Gasteiger partial charge in [0.1, 0.15) is 5.69 Å². The van der Waals surface area contributed by atoms with Crippen LogP contribution in [-0.2, 0) is 6.54 Å². The quantitative estimate of drug-likeness (QED) is 0.900. The molecule has 1 saturated heterocycles. The zero-order chi connectivity index (χ0) is 17.1. The van der Waals surface area contributed by atoms with Crippen molar-refractivity contribution in [3.8, 4) is 0 Å². The number of amides is 1. The van der Waals surface area contributed by atoms with Gasteiger partial charge < -0.3 is 10.2 Å². The number of carbonyl (C=O) groups excluding carboxylic acids is 1. The maximum atomic E-state index is 13.3. The Balaban J connectivity index is 0.00000225. The number of nitrogens with one attached hydrogen (secondary N) is 1. The van der Waals surface area contributed by atoms with Crippen LogP contribution in [0.25, 0.3) is 0 Å². The Morgan fingerprint density at radius 3 is 2.84 bits per heavy atom. The second kappa shape index (κ2) is 8.40. The van der Waals surface area contributed by atoms with Gasteiger partial charge in [0.05, 0.1) is 6.04 Å². The highest BCUT2D eigenvalue weighted by Crippen LogP contribution is 2.17. The molecule has 1 aliphatic heterocycles. The molecule has 1 aliphatic rings. The minimum atomic E-state index is -0.914. The summed E-state index contributed by atoms with van der Waals surface area (Å²) in [4.78, 5) is 13.9. The van der Waals surface area contributed by atoms with Crippen LogP contribution < -0.4 is 5.32 Å². The van der Waals surface area contributed by atoms with E-state index in [-0.39, 0.29) is 30.9 Å². The van der Waals surface area contributed by atoms with Crippen LogP contribution >= 0.6 is 12.4 Å². The van der Waals surface area contributed by atoms with Gasteiger partial charge in [-0.2, -0.15) is 5.10 Å². The van der Waals surface area contributed by atoms with Crippen LogP contribution in [0.15, 0.2) is 30.5 Å². The van der Waals surface area contributed by atoms with Gasteiger partial charge in [0.25, 0.3) is 5.91 Å². The molecular weight excluding hydrogens is 350 g/mol. The molecule has 1 aromatic heterocycles. The van der Waals surface area contributed by atoms with Gasteiger partial charge in [-0.3, -0.25) is 9.48 Å². The minimum Gasteiger partial charge on any atom is -0.336 e. The SMILES string of the molecule is CN(Cc1ccc(F)c(F)c1)C(=O)c1ccn(C2CCCNC2)n1.Cl. The van der Waals surface area contributed by atoms with Gasteiger partial charge in [-0.05, 0) is 43.1 Å². The third-order valence-electron chi connectivity index (χ3n) is 4.22. The fourth-order valence-electron chi connectivity index (χ4n) is 2.89. The van der Waals surface area contributed by atoms with E-state index in [1.807, 2.05) is 10.9 Å². The van der Waals surface area contributed by atoms with Gasteiger partial charge in [-0.15, -0.1) is 12.4 Å². The fraction of sp³-hybridized carbons (Fsp3) is 0.412. The van der Waals surface area contributed by atoms with Crippen LogP contribution in [0.2, 0.25) is 0 Å². The van der Waals surface area contributed by atoms with Crippen molar-refractivity contribution in [2.75, 3.05) is 20.1 Å². The Morgan fingerprint density at radius 2 is 2.16 bits per heavy atom. The monoisotopic (exact) mass is 370 g/mol. The summed E-state index contributed by atoms with van der Waals surface area (Å²) in [5, 5.41) is 7.69. The topological polar surface area (TPSA) is 50.2 Å². The Labute approximate surface area is 151 Å². The van der Waals surface area contributed by atoms with E-state index >= 15 is 0 Å². The first-order chi connectivity index (χ1) is 11.5. The van der Waals surface area contributed by atoms with Gasteiger partial charge in [-0.25, -0.2) is 8.78 Å². The Morgan fingerprint density at radius 1 is 1.36 bits per heavy atom. The number of rotatable bonds is 4. The van der Waals surface area contributed by atoms with Crippen molar-refractivity contribution in [3.63, 3.8) is 0 Å². The standard InChI is InChI=1S/C17H20F2N4O.ClH/c1-22(11-12-4-5-14(18)15(19)9-12)17(24)16-6-8-23(21-16)13-3-2-7-20-10-13;/h4-6,8-9,13,20H,2-3,7,10-11H2,1H3;1H. The van der Waals surface area contributed by atoms with Gasteiger partial charge >= 0.3 is 0 Å². The van der Waals surface area contributed by atoms with Crippen molar-refractivity contribution in [1.29, 1.82) is 0 Å². The lowest BCUT2D eigenvalue weighted by molar-refractivity contribution is 0.0777. The number of nitrogens with zero attached hydrogens (tertiary/aromatic N) is 3. The first-order valence-corrected chi connectivity index (χ1v) is 8.00. The summed E-state index contributed by atoms with van der Waals surface area (Å²) < 4.78 is 28.1. The first-order valence-electron chi connectivity index (χ1n) is 8.00. The number of benzene rings is 1. The third kappa shape index (κ3) is 4.55. The van der Waals surface area contributed by atoms with Crippen molar-refractivity contribution >= 4 is 18.3 Å². The van der Waals surface area contributed by atoms with E-state index in [1.54, 1.807) is 13.1 Å². The van der Waals surface area contributed by atoms with E-state index in [0.717, 1.165) is 38.1 Å². The average Bonchev–Trinajstić information content (AvgIpc) is 3.08. The predicted octanol–water partition coefficient (Wildman–Crippen LogP) is 2.78. The zero-order valence-electron chi connectivity index (χ0n) is 13.9. The van der Waals surface area contributed by atoms with E-state index in [4.69, 9.17) is 0 Å². The van der Waals surface area contributed by atoms with Crippen LogP contribution in [0.5, 0.6) is 0 Å². The van der Waals surface area contributed by atoms with Gasteiger partial charge in [0.2, 0.25) is 0 Å². The molecule has 3 rings (SSSR count). The summed E-state index contributed by atoms with van der Waals surface area (Å²) in [5.74, 6) is -2.06. The molecule has 0 radical (unpaired) electrons. The molecule has 5 nitrogen and oxygen atoms in total. The highest BCUT2D eigenvalue weighted by molar-refractivity contribution is 5.91. The molecule has 1 atom stereocenters. The normalized spacial score (nSPS) is 17.0. The summed E-state index contributed by atoms with van der Waals surface area (Å²) in [6, 6.07) is 5.59. The lowest BCUT2D eigenvalue weighted by atomic mass is 10.1. The molecule has 1 amide bonds. The van der Waals surface area contributed by atoms with Crippen molar-refractivity contribution in [2.45, 2.75) is 25.4 Å². The Kier molecular flexibility index (Phi) is 6.50. The number of piperidine rings is 1. The fourth-order valence-corrected chi connectivity index (χ4v) is 2.89. The summed E-state index contributed by atoms with van der Waals surface area (Å²) in [6.07, 6.45) is 3.94. The van der Waals surface area contributed by atoms with Gasteiger partial charge in [-0.1, -0.05) is 6.07 Å². The molecule has 0 bridgehead atoms. The maximum Gasteiger partial charge on any atom is 0.274 e. The summed E-state index contributed by atoms with van der Waals surface area (Å²) in [5.41, 5.74) is 0.881. The van der Waals surface area contributed by atoms with E-state index < -0.39 is 11.6 Å². The summed E-state index contributed by atoms with van der Waals surface area (Å²) >= 11 is 0. The van der Waals surface area contributed by atoms with Crippen LogP contribution in [0.1, 0.15) is 34.9 Å². The lowest BCUT2D eigenvalue weighted by Gasteiger charge is -2.23. The van der Waals surface area contributed by atoms with Crippen molar-refractivity contribution < 1.29 is 13.6 Å². The van der Waals surface area contributed by atoms with Crippen molar-refractivity contribution in [1.82, 2.24) is 20.0 Å². The van der Waals surface area contributed by atoms with Crippen molar-refractivity contribution in [3.05, 3.63) is 53.4 Å². The molecule has 1 unspecified atom stereocenters. The first kappa shape index (κ1) is 19.3. The maximum absolute atomic E-state index is 13.3. The largest absolute Gasteiger partial charge is 0.336 e. The molecule has 0 saturated carbocycles. The molecule has 0 aliphatic carbocycles. The molecule has 2 heterocycles. The lowest BCUT2D eigenvalue weighted by Crippen LogP contribution is -2.32. The number of aromatic nitrogens is 2. The van der Waals surface area contributed by atoms with E-state index in [0.29, 0.717) is 11.3 Å². The van der Waals surface area contributed by atoms with E-state index in [9.17, 15) is 13.6 Å². The molecular formula is C17H21ClF2N4O. The van der Waals surface area contributed by atoms with Gasteiger partial charge in [0.15, 0.2) is 11.6 Å². The van der Waals surface area contributed by atoms with E-state index in [1.165, 1.54) is 11.0 Å². The molecule has 136 valence electrons. The molecule has 2 aromatic rings. The van der Waals surface area contributed by atoms with Crippen LogP contribution in [0.3, 0.4) is 0 Å². The van der Waals surface area contributed by atoms with E-state index in [2.05, 4.69) is 10.4 Å². The highest BCUT2D eigenvalue weighted by Gasteiger charge is 2.20. The summed E-state index contributed by atoms with van der Waals surface area (Å²) in [7, 11) is 1.62. The molecule has 0 spiro atoms. The number of hydrogen-bond donors (Lipinski definition) is 1.